The molecule has 0 saturated carbocycles. The Balaban J connectivity index is 2.35. The fourth-order valence-electron chi connectivity index (χ4n) is 2.85. The molecule has 1 atom stereocenters. The third-order valence-electron chi connectivity index (χ3n) is 3.84. The van der Waals surface area contributed by atoms with Gasteiger partial charge in [0.25, 0.3) is 0 Å². The molecule has 112 valence electrons. The van der Waals surface area contributed by atoms with Crippen molar-refractivity contribution in [1.82, 2.24) is 14.9 Å². The molecule has 0 spiro atoms. The minimum atomic E-state index is 0.522. The SMILES string of the molecule is CCc1nc(NN)c(C)c(N2CCCC2CN(C)C)n1. The number of nitrogens with two attached hydrogens (primary N) is 1. The summed E-state index contributed by atoms with van der Waals surface area (Å²) < 4.78 is 0. The van der Waals surface area contributed by atoms with Gasteiger partial charge >= 0.3 is 0 Å². The molecule has 0 bridgehead atoms. The molecule has 3 N–H and O–H groups in total. The Morgan fingerprint density at radius 1 is 1.40 bits per heavy atom. The number of aryl methyl sites for hydroxylation is 1. The molecule has 0 aliphatic carbocycles. The van der Waals surface area contributed by atoms with E-state index in [1.165, 1.54) is 12.8 Å². The first-order valence-corrected chi connectivity index (χ1v) is 7.32. The van der Waals surface area contributed by atoms with Crippen LogP contribution >= 0.6 is 0 Å². The quantitative estimate of drug-likeness (QED) is 0.622. The Bertz CT molecular complexity index is 459. The molecule has 0 amide bonds. The van der Waals surface area contributed by atoms with Gasteiger partial charge in [-0.2, -0.15) is 0 Å². The van der Waals surface area contributed by atoms with E-state index in [0.717, 1.165) is 42.5 Å². The van der Waals surface area contributed by atoms with Gasteiger partial charge in [0.05, 0.1) is 0 Å². The summed E-state index contributed by atoms with van der Waals surface area (Å²) in [7, 11) is 4.24. The predicted octanol–water partition coefficient (Wildman–Crippen LogP) is 1.16. The van der Waals surface area contributed by atoms with Crippen LogP contribution in [0.3, 0.4) is 0 Å². The standard InChI is InChI=1S/C14H26N6/c1-5-12-16-13(18-15)10(2)14(17-12)20-8-6-7-11(20)9-19(3)4/h11H,5-9,15H2,1-4H3,(H,16,17,18). The summed E-state index contributed by atoms with van der Waals surface area (Å²) in [6.45, 7) is 6.21. The highest BCUT2D eigenvalue weighted by Crippen LogP contribution is 2.29. The second kappa shape index (κ2) is 6.37. The van der Waals surface area contributed by atoms with Crippen molar-refractivity contribution in [3.63, 3.8) is 0 Å². The van der Waals surface area contributed by atoms with Gasteiger partial charge in [-0.15, -0.1) is 0 Å². The van der Waals surface area contributed by atoms with Gasteiger partial charge < -0.3 is 15.2 Å². The zero-order valence-corrected chi connectivity index (χ0v) is 13.0. The molecular weight excluding hydrogens is 252 g/mol. The lowest BCUT2D eigenvalue weighted by molar-refractivity contribution is 0.371. The van der Waals surface area contributed by atoms with Gasteiger partial charge in [0, 0.05) is 31.1 Å². The van der Waals surface area contributed by atoms with Crippen LogP contribution in [-0.2, 0) is 6.42 Å². The molecule has 2 heterocycles. The molecule has 1 aromatic rings. The van der Waals surface area contributed by atoms with Crippen molar-refractivity contribution in [1.29, 1.82) is 0 Å². The second-order valence-corrected chi connectivity index (χ2v) is 5.69. The summed E-state index contributed by atoms with van der Waals surface area (Å²) in [5.74, 6) is 8.21. The van der Waals surface area contributed by atoms with E-state index in [0.29, 0.717) is 6.04 Å². The van der Waals surface area contributed by atoms with Gasteiger partial charge in [-0.1, -0.05) is 6.92 Å². The number of nitrogens with zero attached hydrogens (tertiary/aromatic N) is 4. The first-order valence-electron chi connectivity index (χ1n) is 7.32. The minimum Gasteiger partial charge on any atom is -0.352 e. The van der Waals surface area contributed by atoms with E-state index < -0.39 is 0 Å². The molecule has 20 heavy (non-hydrogen) atoms. The highest BCUT2D eigenvalue weighted by molar-refractivity contribution is 5.59. The van der Waals surface area contributed by atoms with Crippen molar-refractivity contribution < 1.29 is 0 Å². The van der Waals surface area contributed by atoms with E-state index in [-0.39, 0.29) is 0 Å². The maximum absolute atomic E-state index is 5.59. The molecular formula is C14H26N6. The Morgan fingerprint density at radius 3 is 2.75 bits per heavy atom. The largest absolute Gasteiger partial charge is 0.352 e. The number of likely N-dealkylation sites (N-methyl/N-ethyl adjacent to an activating group) is 1. The molecule has 0 radical (unpaired) electrons. The molecule has 1 saturated heterocycles. The maximum atomic E-state index is 5.59. The molecule has 1 aliphatic heterocycles. The molecule has 1 unspecified atom stereocenters. The molecule has 1 fully saturated rings. The smallest absolute Gasteiger partial charge is 0.148 e. The van der Waals surface area contributed by atoms with Gasteiger partial charge in [-0.05, 0) is 33.9 Å². The van der Waals surface area contributed by atoms with Crippen LogP contribution in [0.25, 0.3) is 0 Å². The lowest BCUT2D eigenvalue weighted by Gasteiger charge is -2.29. The van der Waals surface area contributed by atoms with Crippen LogP contribution in [0, 0.1) is 6.92 Å². The third-order valence-corrected chi connectivity index (χ3v) is 3.84. The summed E-state index contributed by atoms with van der Waals surface area (Å²) in [5, 5.41) is 0. The number of hydrogen-bond acceptors (Lipinski definition) is 6. The number of hydrogen-bond donors (Lipinski definition) is 2. The number of nitrogen functional groups attached to an aromatic ring is 1. The highest BCUT2D eigenvalue weighted by atomic mass is 15.3. The lowest BCUT2D eigenvalue weighted by atomic mass is 10.2. The molecule has 2 rings (SSSR count). The van der Waals surface area contributed by atoms with Crippen LogP contribution < -0.4 is 16.2 Å². The fraction of sp³-hybridized carbons (Fsp3) is 0.714. The van der Waals surface area contributed by atoms with E-state index in [4.69, 9.17) is 10.8 Å². The van der Waals surface area contributed by atoms with Gasteiger partial charge in [0.1, 0.15) is 17.5 Å². The van der Waals surface area contributed by atoms with Crippen LogP contribution in [0.5, 0.6) is 0 Å². The zero-order chi connectivity index (χ0) is 14.7. The van der Waals surface area contributed by atoms with Crippen LogP contribution in [0.15, 0.2) is 0 Å². The molecule has 6 nitrogen and oxygen atoms in total. The summed E-state index contributed by atoms with van der Waals surface area (Å²) in [5.41, 5.74) is 3.74. The van der Waals surface area contributed by atoms with E-state index in [1.807, 2.05) is 6.92 Å². The van der Waals surface area contributed by atoms with Crippen LogP contribution in [0.2, 0.25) is 0 Å². The number of hydrazine groups is 1. The normalized spacial score (nSPS) is 18.9. The van der Waals surface area contributed by atoms with Crippen molar-refractivity contribution in [3.05, 3.63) is 11.4 Å². The summed E-state index contributed by atoms with van der Waals surface area (Å²) >= 11 is 0. The average molecular weight is 278 g/mol. The van der Waals surface area contributed by atoms with Crippen LogP contribution in [-0.4, -0.2) is 48.1 Å². The predicted molar refractivity (Wildman–Crippen MR) is 82.9 cm³/mol. The van der Waals surface area contributed by atoms with Crippen LogP contribution in [0.4, 0.5) is 11.6 Å². The number of nitrogens with one attached hydrogen (secondary N) is 1. The zero-order valence-electron chi connectivity index (χ0n) is 13.0. The topological polar surface area (TPSA) is 70.3 Å². The minimum absolute atomic E-state index is 0.522. The van der Waals surface area contributed by atoms with Gasteiger partial charge in [0.15, 0.2) is 0 Å². The Hall–Kier alpha value is -1.40. The van der Waals surface area contributed by atoms with Gasteiger partial charge in [-0.3, -0.25) is 0 Å². The summed E-state index contributed by atoms with van der Waals surface area (Å²) in [4.78, 5) is 13.8. The highest BCUT2D eigenvalue weighted by Gasteiger charge is 2.28. The Kier molecular flexibility index (Phi) is 4.77. The van der Waals surface area contributed by atoms with Gasteiger partial charge in [0.2, 0.25) is 0 Å². The number of aromatic nitrogens is 2. The van der Waals surface area contributed by atoms with Gasteiger partial charge in [-0.25, -0.2) is 15.8 Å². The van der Waals surface area contributed by atoms with Crippen molar-refractivity contribution >= 4 is 11.6 Å². The van der Waals surface area contributed by atoms with E-state index in [2.05, 4.69) is 41.2 Å². The monoisotopic (exact) mass is 278 g/mol. The Morgan fingerprint density at radius 2 is 2.15 bits per heavy atom. The van der Waals surface area contributed by atoms with E-state index in [1.54, 1.807) is 0 Å². The third kappa shape index (κ3) is 3.02. The molecule has 0 aromatic carbocycles. The first kappa shape index (κ1) is 15.0. The number of rotatable bonds is 5. The van der Waals surface area contributed by atoms with Crippen molar-refractivity contribution in [2.24, 2.45) is 5.84 Å². The first-order chi connectivity index (χ1) is 9.56. The number of anilines is 2. The maximum Gasteiger partial charge on any atom is 0.148 e. The second-order valence-electron chi connectivity index (χ2n) is 5.69. The Labute approximate surface area is 121 Å². The fourth-order valence-corrected chi connectivity index (χ4v) is 2.85. The van der Waals surface area contributed by atoms with E-state index in [9.17, 15) is 0 Å². The summed E-state index contributed by atoms with van der Waals surface area (Å²) in [6.07, 6.45) is 3.25. The molecule has 1 aliphatic rings. The van der Waals surface area contributed by atoms with E-state index >= 15 is 0 Å². The van der Waals surface area contributed by atoms with Crippen molar-refractivity contribution in [2.45, 2.75) is 39.2 Å². The average Bonchev–Trinajstić information content (AvgIpc) is 2.86. The molecule has 6 heteroatoms. The summed E-state index contributed by atoms with van der Waals surface area (Å²) in [6, 6.07) is 0.522. The van der Waals surface area contributed by atoms with Crippen molar-refractivity contribution in [2.75, 3.05) is 37.5 Å². The van der Waals surface area contributed by atoms with Crippen molar-refractivity contribution in [3.8, 4) is 0 Å². The van der Waals surface area contributed by atoms with Crippen LogP contribution in [0.1, 0.15) is 31.2 Å². The molecule has 1 aromatic heterocycles. The lowest BCUT2D eigenvalue weighted by Crippen LogP contribution is -2.38.